The van der Waals surface area contributed by atoms with Crippen LogP contribution in [0.15, 0.2) is 45.7 Å². The number of nitrogens with one attached hydrogen (secondary N) is 1. The van der Waals surface area contributed by atoms with Gasteiger partial charge in [0.05, 0.1) is 18.5 Å². The number of rotatable bonds is 4. The third-order valence-electron chi connectivity index (χ3n) is 2.92. The number of carbonyl (C=O) groups is 1. The van der Waals surface area contributed by atoms with Crippen molar-refractivity contribution in [1.82, 2.24) is 15.1 Å². The lowest BCUT2D eigenvalue weighted by atomic mass is 10.3. The van der Waals surface area contributed by atoms with Gasteiger partial charge >= 0.3 is 0 Å². The Kier molecular flexibility index (Phi) is 3.39. The SMILES string of the molecule is Cn1nc(CNC(=O)c2ccsc2)cc1-c1ccco1. The van der Waals surface area contributed by atoms with E-state index in [0.717, 1.165) is 17.1 Å². The van der Waals surface area contributed by atoms with Gasteiger partial charge in [0, 0.05) is 18.0 Å². The third-order valence-corrected chi connectivity index (χ3v) is 3.60. The summed E-state index contributed by atoms with van der Waals surface area (Å²) in [5, 5.41) is 10.9. The van der Waals surface area contributed by atoms with Crippen LogP contribution in [0.3, 0.4) is 0 Å². The molecule has 102 valence electrons. The van der Waals surface area contributed by atoms with Crippen LogP contribution < -0.4 is 5.32 Å². The molecule has 0 aliphatic rings. The van der Waals surface area contributed by atoms with E-state index in [1.807, 2.05) is 36.0 Å². The summed E-state index contributed by atoms with van der Waals surface area (Å²) in [4.78, 5) is 11.8. The number of thiophene rings is 1. The quantitative estimate of drug-likeness (QED) is 0.802. The maximum atomic E-state index is 11.8. The Hall–Kier alpha value is -2.34. The molecule has 0 aliphatic heterocycles. The number of hydrogen-bond donors (Lipinski definition) is 1. The maximum Gasteiger partial charge on any atom is 0.252 e. The van der Waals surface area contributed by atoms with Gasteiger partial charge in [-0.05, 0) is 29.6 Å². The van der Waals surface area contributed by atoms with Crippen molar-refractivity contribution in [3.8, 4) is 11.5 Å². The van der Waals surface area contributed by atoms with Gasteiger partial charge in [-0.25, -0.2) is 0 Å². The molecule has 0 aliphatic carbocycles. The van der Waals surface area contributed by atoms with Crippen molar-refractivity contribution < 1.29 is 9.21 Å². The third kappa shape index (κ3) is 2.50. The summed E-state index contributed by atoms with van der Waals surface area (Å²) in [6.45, 7) is 0.392. The van der Waals surface area contributed by atoms with Crippen molar-refractivity contribution in [3.63, 3.8) is 0 Å². The van der Waals surface area contributed by atoms with Crippen LogP contribution in [0, 0.1) is 0 Å². The van der Waals surface area contributed by atoms with Crippen LogP contribution in [-0.2, 0) is 13.6 Å². The van der Waals surface area contributed by atoms with Crippen molar-refractivity contribution in [2.24, 2.45) is 7.05 Å². The summed E-state index contributed by atoms with van der Waals surface area (Å²) < 4.78 is 7.09. The number of furan rings is 1. The second-order valence-electron chi connectivity index (χ2n) is 4.32. The minimum atomic E-state index is -0.0866. The first-order chi connectivity index (χ1) is 9.74. The van der Waals surface area contributed by atoms with E-state index in [9.17, 15) is 4.79 Å². The molecule has 3 heterocycles. The van der Waals surface area contributed by atoms with Crippen molar-refractivity contribution in [3.05, 3.63) is 52.5 Å². The van der Waals surface area contributed by atoms with Gasteiger partial charge in [-0.2, -0.15) is 16.4 Å². The zero-order valence-corrected chi connectivity index (χ0v) is 11.7. The number of aromatic nitrogens is 2. The lowest BCUT2D eigenvalue weighted by Crippen LogP contribution is -2.22. The Morgan fingerprint density at radius 1 is 1.50 bits per heavy atom. The highest BCUT2D eigenvalue weighted by Gasteiger charge is 2.11. The maximum absolute atomic E-state index is 11.8. The van der Waals surface area contributed by atoms with Gasteiger partial charge in [0.1, 0.15) is 5.69 Å². The summed E-state index contributed by atoms with van der Waals surface area (Å²) >= 11 is 1.50. The summed E-state index contributed by atoms with van der Waals surface area (Å²) in [6, 6.07) is 7.42. The van der Waals surface area contributed by atoms with E-state index in [1.165, 1.54) is 11.3 Å². The molecule has 0 atom stereocenters. The van der Waals surface area contributed by atoms with Crippen molar-refractivity contribution in [2.75, 3.05) is 0 Å². The van der Waals surface area contributed by atoms with Crippen molar-refractivity contribution in [2.45, 2.75) is 6.54 Å². The molecule has 5 nitrogen and oxygen atoms in total. The zero-order chi connectivity index (χ0) is 13.9. The fourth-order valence-electron chi connectivity index (χ4n) is 1.93. The molecule has 3 aromatic rings. The monoisotopic (exact) mass is 287 g/mol. The van der Waals surface area contributed by atoms with Crippen LogP contribution in [0.2, 0.25) is 0 Å². The fraction of sp³-hybridized carbons (Fsp3) is 0.143. The van der Waals surface area contributed by atoms with E-state index in [-0.39, 0.29) is 5.91 Å². The molecule has 3 aromatic heterocycles. The number of aryl methyl sites for hydroxylation is 1. The molecule has 0 saturated carbocycles. The topological polar surface area (TPSA) is 60.1 Å². The van der Waals surface area contributed by atoms with E-state index in [0.29, 0.717) is 12.1 Å². The van der Waals surface area contributed by atoms with E-state index in [4.69, 9.17) is 4.42 Å². The highest BCUT2D eigenvalue weighted by Crippen LogP contribution is 2.20. The van der Waals surface area contributed by atoms with Gasteiger partial charge in [0.2, 0.25) is 0 Å². The van der Waals surface area contributed by atoms with Crippen molar-refractivity contribution in [1.29, 1.82) is 0 Å². The molecular weight excluding hydrogens is 274 g/mol. The summed E-state index contributed by atoms with van der Waals surface area (Å²) in [5.41, 5.74) is 2.36. The predicted molar refractivity (Wildman–Crippen MR) is 76.4 cm³/mol. The first kappa shape index (κ1) is 12.7. The standard InChI is InChI=1S/C14H13N3O2S/c1-17-12(13-3-2-5-19-13)7-11(16-17)8-15-14(18)10-4-6-20-9-10/h2-7,9H,8H2,1H3,(H,15,18). The highest BCUT2D eigenvalue weighted by molar-refractivity contribution is 7.08. The van der Waals surface area contributed by atoms with Gasteiger partial charge in [0.15, 0.2) is 5.76 Å². The van der Waals surface area contributed by atoms with E-state index >= 15 is 0 Å². The second-order valence-corrected chi connectivity index (χ2v) is 5.10. The molecule has 6 heteroatoms. The van der Waals surface area contributed by atoms with Gasteiger partial charge in [-0.1, -0.05) is 0 Å². The van der Waals surface area contributed by atoms with E-state index < -0.39 is 0 Å². The molecule has 0 unspecified atom stereocenters. The summed E-state index contributed by atoms with van der Waals surface area (Å²) in [5.74, 6) is 0.673. The Balaban J connectivity index is 1.70. The van der Waals surface area contributed by atoms with E-state index in [2.05, 4.69) is 10.4 Å². The second kappa shape index (κ2) is 5.34. The molecule has 0 spiro atoms. The van der Waals surface area contributed by atoms with Gasteiger partial charge in [0.25, 0.3) is 5.91 Å². The Bertz CT molecular complexity index is 699. The molecule has 0 fully saturated rings. The first-order valence-electron chi connectivity index (χ1n) is 6.11. The zero-order valence-electron chi connectivity index (χ0n) is 10.9. The largest absolute Gasteiger partial charge is 0.463 e. The average molecular weight is 287 g/mol. The average Bonchev–Trinajstić information content (AvgIpc) is 3.17. The fourth-order valence-corrected chi connectivity index (χ4v) is 2.57. The van der Waals surface area contributed by atoms with Crippen LogP contribution in [-0.4, -0.2) is 15.7 Å². The molecule has 0 bridgehead atoms. The minimum absolute atomic E-state index is 0.0866. The van der Waals surface area contributed by atoms with Gasteiger partial charge in [-0.3, -0.25) is 9.48 Å². The lowest BCUT2D eigenvalue weighted by molar-refractivity contribution is 0.0951. The van der Waals surface area contributed by atoms with Crippen LogP contribution in [0.25, 0.3) is 11.5 Å². The summed E-state index contributed by atoms with van der Waals surface area (Å²) in [6.07, 6.45) is 1.63. The van der Waals surface area contributed by atoms with E-state index in [1.54, 1.807) is 17.0 Å². The predicted octanol–water partition coefficient (Wildman–Crippen LogP) is 2.67. The molecule has 3 rings (SSSR count). The highest BCUT2D eigenvalue weighted by atomic mass is 32.1. The number of nitrogens with zero attached hydrogens (tertiary/aromatic N) is 2. The molecular formula is C14H13N3O2S. The smallest absolute Gasteiger partial charge is 0.252 e. The first-order valence-corrected chi connectivity index (χ1v) is 7.05. The normalized spacial score (nSPS) is 10.7. The molecule has 0 radical (unpaired) electrons. The van der Waals surface area contributed by atoms with Crippen LogP contribution in [0.4, 0.5) is 0 Å². The summed E-state index contributed by atoms with van der Waals surface area (Å²) in [7, 11) is 1.85. The Morgan fingerprint density at radius 3 is 3.10 bits per heavy atom. The Morgan fingerprint density at radius 2 is 2.40 bits per heavy atom. The van der Waals surface area contributed by atoms with Gasteiger partial charge < -0.3 is 9.73 Å². The number of hydrogen-bond acceptors (Lipinski definition) is 4. The van der Waals surface area contributed by atoms with Crippen LogP contribution in [0.1, 0.15) is 16.1 Å². The molecule has 0 saturated heterocycles. The van der Waals surface area contributed by atoms with Crippen LogP contribution in [0.5, 0.6) is 0 Å². The number of amides is 1. The minimum Gasteiger partial charge on any atom is -0.463 e. The lowest BCUT2D eigenvalue weighted by Gasteiger charge is -2.00. The molecule has 20 heavy (non-hydrogen) atoms. The Labute approximate surface area is 119 Å². The molecule has 1 N–H and O–H groups in total. The molecule has 0 aromatic carbocycles. The van der Waals surface area contributed by atoms with Crippen molar-refractivity contribution >= 4 is 17.2 Å². The van der Waals surface area contributed by atoms with Crippen LogP contribution >= 0.6 is 11.3 Å². The molecule has 1 amide bonds. The number of carbonyl (C=O) groups excluding carboxylic acids is 1. The van der Waals surface area contributed by atoms with Gasteiger partial charge in [-0.15, -0.1) is 0 Å².